The van der Waals surface area contributed by atoms with E-state index in [1.54, 1.807) is 0 Å². The van der Waals surface area contributed by atoms with Gasteiger partial charge in [0.15, 0.2) is 0 Å². The summed E-state index contributed by atoms with van der Waals surface area (Å²) in [4.78, 5) is 2.24. The van der Waals surface area contributed by atoms with Crippen molar-refractivity contribution >= 4 is 11.0 Å². The summed E-state index contributed by atoms with van der Waals surface area (Å²) < 4.78 is 0. The van der Waals surface area contributed by atoms with Crippen molar-refractivity contribution in [3.63, 3.8) is 0 Å². The molecule has 0 radical (unpaired) electrons. The smallest absolute Gasteiger partial charge is 0.250 e. The Bertz CT molecular complexity index is 731. The van der Waals surface area contributed by atoms with Gasteiger partial charge in [-0.1, -0.05) is 24.3 Å². The van der Waals surface area contributed by atoms with Crippen molar-refractivity contribution in [2.45, 2.75) is 13.8 Å². The van der Waals surface area contributed by atoms with E-state index in [2.05, 4.69) is 5.10 Å². The van der Waals surface area contributed by atoms with Gasteiger partial charge in [0.1, 0.15) is 5.69 Å². The maximum absolute atomic E-state index is 12.3. The summed E-state index contributed by atoms with van der Waals surface area (Å²) in [5.74, 6) is 0. The van der Waals surface area contributed by atoms with Gasteiger partial charge in [0.2, 0.25) is 11.0 Å². The molecule has 90 valence electrons. The molecule has 0 atom stereocenters. The zero-order valence-electron chi connectivity index (χ0n) is 10.3. The van der Waals surface area contributed by atoms with Crippen molar-refractivity contribution in [2.75, 3.05) is 0 Å². The van der Waals surface area contributed by atoms with Crippen LogP contribution in [0, 0.1) is 19.1 Å². The SMILES string of the molecule is Cc1ccc2nn(-c3ccccc3C)[n+]([O-])c2c1. The lowest BCUT2D eigenvalue weighted by Gasteiger charge is -2.05. The maximum Gasteiger partial charge on any atom is 0.250 e. The summed E-state index contributed by atoms with van der Waals surface area (Å²) in [6.07, 6.45) is 0. The minimum Gasteiger partial charge on any atom is -0.692 e. The standard InChI is InChI=1S/C14H13N3O/c1-10-7-8-12-14(9-10)17(18)16(15-12)13-6-4-3-5-11(13)2/h3-9H,1-2H3. The third kappa shape index (κ3) is 1.54. The molecule has 0 aliphatic carbocycles. The Labute approximate surface area is 105 Å². The largest absolute Gasteiger partial charge is 0.692 e. The van der Waals surface area contributed by atoms with Gasteiger partial charge in [0.05, 0.1) is 5.10 Å². The van der Waals surface area contributed by atoms with Gasteiger partial charge in [-0.3, -0.25) is 0 Å². The molecule has 3 aromatic rings. The molecule has 0 aliphatic heterocycles. The minimum atomic E-state index is 0.596. The molecule has 4 heteroatoms. The average Bonchev–Trinajstić information content (AvgIpc) is 2.68. The lowest BCUT2D eigenvalue weighted by Crippen LogP contribution is -2.37. The van der Waals surface area contributed by atoms with E-state index in [0.717, 1.165) is 21.7 Å². The highest BCUT2D eigenvalue weighted by atomic mass is 16.5. The number of rotatable bonds is 1. The molecular formula is C14H13N3O. The van der Waals surface area contributed by atoms with Crippen LogP contribution in [0.3, 0.4) is 0 Å². The molecule has 18 heavy (non-hydrogen) atoms. The zero-order chi connectivity index (χ0) is 12.7. The lowest BCUT2D eigenvalue weighted by molar-refractivity contribution is -0.664. The predicted molar refractivity (Wildman–Crippen MR) is 69.5 cm³/mol. The summed E-state index contributed by atoms with van der Waals surface area (Å²) in [5, 5.41) is 16.6. The third-order valence-corrected chi connectivity index (χ3v) is 3.04. The average molecular weight is 239 g/mol. The van der Waals surface area contributed by atoms with E-state index >= 15 is 0 Å². The molecule has 4 nitrogen and oxygen atoms in total. The van der Waals surface area contributed by atoms with Gasteiger partial charge in [-0.15, -0.1) is 4.85 Å². The lowest BCUT2D eigenvalue weighted by atomic mass is 10.2. The van der Waals surface area contributed by atoms with Crippen LogP contribution in [0.2, 0.25) is 0 Å². The number of hydrogen-bond donors (Lipinski definition) is 0. The van der Waals surface area contributed by atoms with Crippen molar-refractivity contribution in [3.05, 3.63) is 58.8 Å². The minimum absolute atomic E-state index is 0.596. The molecule has 1 aromatic heterocycles. The van der Waals surface area contributed by atoms with Crippen LogP contribution in [0.5, 0.6) is 0 Å². The highest BCUT2D eigenvalue weighted by Gasteiger charge is 2.16. The van der Waals surface area contributed by atoms with Crippen LogP contribution in [-0.4, -0.2) is 9.90 Å². The van der Waals surface area contributed by atoms with Crippen LogP contribution in [0.15, 0.2) is 42.5 Å². The van der Waals surface area contributed by atoms with Crippen LogP contribution in [-0.2, 0) is 0 Å². The summed E-state index contributed by atoms with van der Waals surface area (Å²) in [5.41, 5.74) is 4.18. The third-order valence-electron chi connectivity index (χ3n) is 3.04. The predicted octanol–water partition coefficient (Wildman–Crippen LogP) is 2.28. The molecule has 0 spiro atoms. The van der Waals surface area contributed by atoms with E-state index in [-0.39, 0.29) is 0 Å². The topological polar surface area (TPSA) is 44.8 Å². The number of nitrogens with zero attached hydrogens (tertiary/aromatic N) is 3. The Morgan fingerprint density at radius 1 is 1.11 bits per heavy atom. The van der Waals surface area contributed by atoms with Gasteiger partial charge in [0, 0.05) is 0 Å². The molecule has 0 unspecified atom stereocenters. The highest BCUT2D eigenvalue weighted by Crippen LogP contribution is 2.14. The normalized spacial score (nSPS) is 11.0. The fourth-order valence-electron chi connectivity index (χ4n) is 2.06. The van der Waals surface area contributed by atoms with Crippen LogP contribution in [0.25, 0.3) is 16.7 Å². The summed E-state index contributed by atoms with van der Waals surface area (Å²) in [6.45, 7) is 3.93. The van der Waals surface area contributed by atoms with Crippen molar-refractivity contribution in [3.8, 4) is 5.69 Å². The van der Waals surface area contributed by atoms with Gasteiger partial charge >= 0.3 is 0 Å². The van der Waals surface area contributed by atoms with Gasteiger partial charge in [-0.05, 0) is 48.0 Å². The summed E-state index contributed by atoms with van der Waals surface area (Å²) >= 11 is 0. The van der Waals surface area contributed by atoms with Crippen LogP contribution < -0.4 is 4.85 Å². The van der Waals surface area contributed by atoms with Gasteiger partial charge in [-0.2, -0.15) is 0 Å². The second-order valence-corrected chi connectivity index (χ2v) is 4.44. The number of aromatic nitrogens is 3. The molecule has 3 rings (SSSR count). The van der Waals surface area contributed by atoms with Crippen LogP contribution >= 0.6 is 0 Å². The Hall–Kier alpha value is -2.36. The second kappa shape index (κ2) is 3.84. The van der Waals surface area contributed by atoms with Gasteiger partial charge in [0.25, 0.3) is 0 Å². The van der Waals surface area contributed by atoms with E-state index in [1.807, 2.05) is 56.3 Å². The Morgan fingerprint density at radius 3 is 2.67 bits per heavy atom. The molecular weight excluding hydrogens is 226 g/mol. The fraction of sp³-hybridized carbons (Fsp3) is 0.143. The van der Waals surface area contributed by atoms with E-state index in [4.69, 9.17) is 0 Å². The maximum atomic E-state index is 12.3. The first-order chi connectivity index (χ1) is 8.66. The second-order valence-electron chi connectivity index (χ2n) is 4.44. The highest BCUT2D eigenvalue weighted by molar-refractivity contribution is 5.71. The molecule has 0 N–H and O–H groups in total. The van der Waals surface area contributed by atoms with E-state index in [1.165, 1.54) is 4.80 Å². The molecule has 0 saturated carbocycles. The van der Waals surface area contributed by atoms with Crippen molar-refractivity contribution in [2.24, 2.45) is 0 Å². The molecule has 0 amide bonds. The zero-order valence-corrected chi connectivity index (χ0v) is 10.3. The first-order valence-corrected chi connectivity index (χ1v) is 5.82. The Balaban J connectivity index is 2.31. The number of aryl methyl sites for hydroxylation is 2. The Morgan fingerprint density at radius 2 is 1.89 bits per heavy atom. The van der Waals surface area contributed by atoms with E-state index in [9.17, 15) is 5.21 Å². The molecule has 0 aliphatic rings. The quantitative estimate of drug-likeness (QED) is 0.483. The number of benzene rings is 2. The molecule has 0 bridgehead atoms. The fourth-order valence-corrected chi connectivity index (χ4v) is 2.06. The van der Waals surface area contributed by atoms with Crippen LogP contribution in [0.1, 0.15) is 11.1 Å². The summed E-state index contributed by atoms with van der Waals surface area (Å²) in [7, 11) is 0. The molecule has 2 aromatic carbocycles. The monoisotopic (exact) mass is 239 g/mol. The number of hydrogen-bond acceptors (Lipinski definition) is 2. The van der Waals surface area contributed by atoms with Crippen LogP contribution in [0.4, 0.5) is 0 Å². The Kier molecular flexibility index (Phi) is 2.30. The van der Waals surface area contributed by atoms with E-state index < -0.39 is 0 Å². The first kappa shape index (κ1) is 10.8. The van der Waals surface area contributed by atoms with Gasteiger partial charge < -0.3 is 5.21 Å². The van der Waals surface area contributed by atoms with Crippen molar-refractivity contribution in [1.29, 1.82) is 0 Å². The molecule has 0 fully saturated rings. The van der Waals surface area contributed by atoms with Crippen molar-refractivity contribution in [1.82, 2.24) is 9.90 Å². The summed E-state index contributed by atoms with van der Waals surface area (Å²) in [6, 6.07) is 13.4. The van der Waals surface area contributed by atoms with Gasteiger partial charge in [-0.25, -0.2) is 0 Å². The van der Waals surface area contributed by atoms with Crippen molar-refractivity contribution < 1.29 is 4.85 Å². The molecule has 0 saturated heterocycles. The number of para-hydroxylation sites is 1. The van der Waals surface area contributed by atoms with E-state index in [0.29, 0.717) is 11.0 Å². The first-order valence-electron chi connectivity index (χ1n) is 5.82. The molecule has 1 heterocycles. The number of fused-ring (bicyclic) bond motifs is 1.